The van der Waals surface area contributed by atoms with Crippen LogP contribution < -0.4 is 0 Å². The monoisotopic (exact) mass is 382 g/mol. The molecular weight excluding hydrogens is 364 g/mol. The summed E-state index contributed by atoms with van der Waals surface area (Å²) < 4.78 is 0.858. The predicted molar refractivity (Wildman–Crippen MR) is 114 cm³/mol. The Morgan fingerprint density at radius 3 is 1.68 bits per heavy atom. The minimum absolute atomic E-state index is 0.858. The predicted octanol–water partition coefficient (Wildman–Crippen LogP) is 8.10. The van der Waals surface area contributed by atoms with Crippen molar-refractivity contribution in [1.29, 1.82) is 0 Å². The molecule has 0 saturated carbocycles. The maximum atomic E-state index is 5.93. The van der Waals surface area contributed by atoms with E-state index in [0.29, 0.717) is 0 Å². The number of benzene rings is 2. The first kappa shape index (κ1) is 17.9. The zero-order valence-electron chi connectivity index (χ0n) is 14.2. The maximum Gasteiger partial charge on any atom is 0.0937 e. The molecule has 0 bridgehead atoms. The quantitative estimate of drug-likeness (QED) is 0.328. The van der Waals surface area contributed by atoms with Crippen LogP contribution in [0.1, 0.15) is 9.75 Å². The molecule has 0 radical (unpaired) electrons. The highest BCUT2D eigenvalue weighted by molar-refractivity contribution is 7.16. The van der Waals surface area contributed by atoms with E-state index in [1.165, 1.54) is 32.0 Å². The van der Waals surface area contributed by atoms with E-state index in [9.17, 15) is 0 Å². The van der Waals surface area contributed by atoms with E-state index >= 15 is 0 Å². The van der Waals surface area contributed by atoms with Crippen molar-refractivity contribution in [2.45, 2.75) is 13.8 Å². The lowest BCUT2D eigenvalue weighted by molar-refractivity contribution is 1.58. The molecule has 0 amide bonds. The van der Waals surface area contributed by atoms with Gasteiger partial charge >= 0.3 is 0 Å². The smallest absolute Gasteiger partial charge is 0.0937 e. The van der Waals surface area contributed by atoms with Crippen LogP contribution in [-0.2, 0) is 0 Å². The van der Waals surface area contributed by atoms with Crippen LogP contribution in [0.25, 0.3) is 22.3 Å². The number of rotatable bonds is 2. The third kappa shape index (κ3) is 4.60. The molecule has 0 aliphatic carbocycles. The van der Waals surface area contributed by atoms with Gasteiger partial charge in [0, 0.05) is 9.75 Å². The van der Waals surface area contributed by atoms with Crippen molar-refractivity contribution < 1.29 is 0 Å². The summed E-state index contributed by atoms with van der Waals surface area (Å²) in [5.41, 5.74) is 5.16. The van der Waals surface area contributed by atoms with Crippen LogP contribution in [0.15, 0.2) is 78.2 Å². The van der Waals surface area contributed by atoms with Gasteiger partial charge in [0.05, 0.1) is 4.34 Å². The number of aryl methyl sites for hydroxylation is 2. The minimum atomic E-state index is 0.858. The molecule has 25 heavy (non-hydrogen) atoms. The van der Waals surface area contributed by atoms with Crippen LogP contribution in [0.4, 0.5) is 0 Å². The van der Waals surface area contributed by atoms with E-state index in [0.717, 1.165) is 4.34 Å². The molecule has 0 spiro atoms. The van der Waals surface area contributed by atoms with Crippen molar-refractivity contribution in [1.82, 2.24) is 0 Å². The van der Waals surface area contributed by atoms with Gasteiger partial charge in [-0.1, -0.05) is 72.3 Å². The topological polar surface area (TPSA) is 0 Å². The lowest BCUT2D eigenvalue weighted by atomic mass is 10.1. The van der Waals surface area contributed by atoms with Crippen LogP contribution in [0.3, 0.4) is 0 Å². The third-order valence-electron chi connectivity index (χ3n) is 3.92. The fourth-order valence-electron chi connectivity index (χ4n) is 2.65. The first-order chi connectivity index (χ1) is 12.1. The summed E-state index contributed by atoms with van der Waals surface area (Å²) in [5, 5.41) is 2.14. The van der Waals surface area contributed by atoms with E-state index in [-0.39, 0.29) is 0 Å². The Morgan fingerprint density at radius 2 is 1.24 bits per heavy atom. The zero-order valence-corrected chi connectivity index (χ0v) is 16.6. The first-order valence-corrected chi connectivity index (χ1v) is 10.1. The van der Waals surface area contributed by atoms with Crippen molar-refractivity contribution in [2.75, 3.05) is 0 Å². The van der Waals surface area contributed by atoms with Gasteiger partial charge in [0.15, 0.2) is 0 Å². The highest BCUT2D eigenvalue weighted by Crippen LogP contribution is 2.33. The largest absolute Gasteiger partial charge is 0.149 e. The van der Waals surface area contributed by atoms with E-state index in [1.807, 2.05) is 30.3 Å². The standard InChI is InChI=1S/C11H9ClS.C11H10S/c1-8-10(7-11(12)13-8)9-5-3-2-4-6-9;1-9-11(7-8-12-9)10-5-3-2-4-6-10/h2-7H,1H3;2-8H,1H3. The van der Waals surface area contributed by atoms with Crippen molar-refractivity contribution in [2.24, 2.45) is 0 Å². The van der Waals surface area contributed by atoms with Crippen molar-refractivity contribution in [3.8, 4) is 22.3 Å². The summed E-state index contributed by atoms with van der Waals surface area (Å²) in [7, 11) is 0. The second kappa shape index (κ2) is 8.48. The second-order valence-corrected chi connectivity index (χ2v) is 8.65. The van der Waals surface area contributed by atoms with Gasteiger partial charge in [0.1, 0.15) is 0 Å². The van der Waals surface area contributed by atoms with E-state index in [1.54, 1.807) is 22.7 Å². The van der Waals surface area contributed by atoms with Crippen molar-refractivity contribution in [3.05, 3.63) is 92.3 Å². The number of thiophene rings is 2. The van der Waals surface area contributed by atoms with E-state index < -0.39 is 0 Å². The summed E-state index contributed by atoms with van der Waals surface area (Å²) in [6.45, 7) is 4.26. The Balaban J connectivity index is 0.000000146. The number of hydrogen-bond acceptors (Lipinski definition) is 2. The number of halogens is 1. The normalized spacial score (nSPS) is 10.2. The average molecular weight is 383 g/mol. The van der Waals surface area contributed by atoms with Gasteiger partial charge in [-0.15, -0.1) is 22.7 Å². The molecule has 0 saturated heterocycles. The molecule has 0 fully saturated rings. The summed E-state index contributed by atoms with van der Waals surface area (Å²) in [6.07, 6.45) is 0. The average Bonchev–Trinajstić information content (AvgIpc) is 3.22. The maximum absolute atomic E-state index is 5.93. The minimum Gasteiger partial charge on any atom is -0.149 e. The molecule has 0 aliphatic rings. The van der Waals surface area contributed by atoms with Crippen LogP contribution in [0.5, 0.6) is 0 Å². The molecule has 126 valence electrons. The Labute approximate surface area is 162 Å². The Bertz CT molecular complexity index is 921. The number of hydrogen-bond donors (Lipinski definition) is 0. The van der Waals surface area contributed by atoms with Crippen molar-refractivity contribution in [3.63, 3.8) is 0 Å². The molecule has 2 aromatic carbocycles. The van der Waals surface area contributed by atoms with Crippen LogP contribution in [0, 0.1) is 13.8 Å². The van der Waals surface area contributed by atoms with E-state index in [4.69, 9.17) is 11.6 Å². The molecule has 3 heteroatoms. The molecule has 4 rings (SSSR count). The molecule has 0 aliphatic heterocycles. The molecule has 0 N–H and O–H groups in total. The van der Waals surface area contributed by atoms with Crippen LogP contribution in [-0.4, -0.2) is 0 Å². The third-order valence-corrected chi connectivity index (χ3v) is 5.94. The fourth-order valence-corrected chi connectivity index (χ4v) is 4.59. The summed E-state index contributed by atoms with van der Waals surface area (Å²) in [4.78, 5) is 2.66. The summed E-state index contributed by atoms with van der Waals surface area (Å²) in [5.74, 6) is 0. The van der Waals surface area contributed by atoms with Gasteiger partial charge in [-0.3, -0.25) is 0 Å². The second-order valence-electron chi connectivity index (χ2n) is 5.64. The molecule has 0 nitrogen and oxygen atoms in total. The highest BCUT2D eigenvalue weighted by Gasteiger charge is 2.05. The van der Waals surface area contributed by atoms with Gasteiger partial charge in [-0.25, -0.2) is 0 Å². The SMILES string of the molecule is Cc1sc(Cl)cc1-c1ccccc1.Cc1sccc1-c1ccccc1. The molecule has 4 aromatic rings. The molecule has 2 heterocycles. The van der Waals surface area contributed by atoms with Gasteiger partial charge in [0.2, 0.25) is 0 Å². The van der Waals surface area contributed by atoms with Crippen molar-refractivity contribution >= 4 is 34.3 Å². The van der Waals surface area contributed by atoms with Gasteiger partial charge in [0.25, 0.3) is 0 Å². The molecule has 2 aromatic heterocycles. The summed E-state index contributed by atoms with van der Waals surface area (Å²) >= 11 is 9.36. The molecule has 0 unspecified atom stereocenters. The van der Waals surface area contributed by atoms with Gasteiger partial charge < -0.3 is 0 Å². The zero-order chi connectivity index (χ0) is 17.6. The fraction of sp³-hybridized carbons (Fsp3) is 0.0909. The van der Waals surface area contributed by atoms with Crippen LogP contribution in [0.2, 0.25) is 4.34 Å². The van der Waals surface area contributed by atoms with Gasteiger partial charge in [-0.2, -0.15) is 0 Å². The lowest BCUT2D eigenvalue weighted by Crippen LogP contribution is -1.73. The lowest BCUT2D eigenvalue weighted by Gasteiger charge is -1.97. The molecular formula is C22H19ClS2. The molecule has 0 atom stereocenters. The Hall–Kier alpha value is -1.87. The van der Waals surface area contributed by atoms with Gasteiger partial charge in [-0.05, 0) is 53.6 Å². The summed E-state index contributed by atoms with van der Waals surface area (Å²) in [6, 6.07) is 25.0. The highest BCUT2D eigenvalue weighted by atomic mass is 35.5. The Kier molecular flexibility index (Phi) is 6.09. The van der Waals surface area contributed by atoms with Crippen LogP contribution >= 0.6 is 34.3 Å². The Morgan fingerprint density at radius 1 is 0.680 bits per heavy atom. The first-order valence-electron chi connectivity index (χ1n) is 8.06. The van der Waals surface area contributed by atoms with E-state index in [2.05, 4.69) is 61.7 Å².